The molecule has 738 valence electrons. The molecule has 3 saturated heterocycles. The van der Waals surface area contributed by atoms with Crippen molar-refractivity contribution in [3.63, 3.8) is 0 Å². The van der Waals surface area contributed by atoms with Crippen molar-refractivity contribution in [1.29, 1.82) is 10.8 Å². The van der Waals surface area contributed by atoms with Crippen LogP contribution in [0.3, 0.4) is 0 Å². The lowest BCUT2D eigenvalue weighted by Gasteiger charge is -2.36. The minimum atomic E-state index is -1.76. The largest absolute Gasteiger partial charge is 0.508 e. The molecule has 15 atom stereocenters. The number of aliphatic hydroxyl groups is 1. The van der Waals surface area contributed by atoms with E-state index in [0.717, 1.165) is 31.6 Å². The third kappa shape index (κ3) is 29.6. The van der Waals surface area contributed by atoms with Crippen LogP contribution in [-0.2, 0) is 102 Å². The lowest BCUT2D eigenvalue weighted by molar-refractivity contribution is -0.149. The van der Waals surface area contributed by atoms with E-state index in [0.29, 0.717) is 59.0 Å². The van der Waals surface area contributed by atoms with Crippen LogP contribution in [0, 0.1) is 16.7 Å². The van der Waals surface area contributed by atoms with Gasteiger partial charge in [0.1, 0.15) is 96.2 Å². The summed E-state index contributed by atoms with van der Waals surface area (Å²) in [5, 5.41) is 72.3. The summed E-state index contributed by atoms with van der Waals surface area (Å²) in [7, 11) is 4.01. The molecule has 42 nitrogen and oxygen atoms in total. The first-order chi connectivity index (χ1) is 64.8. The number of rotatable bonds is 26. The normalized spacial score (nSPS) is 24.7. The van der Waals surface area contributed by atoms with Gasteiger partial charge in [0.2, 0.25) is 94.5 Å². The van der Waals surface area contributed by atoms with Crippen molar-refractivity contribution in [2.45, 2.75) is 234 Å². The smallest absolute Gasteiger partial charge is 0.246 e. The monoisotopic (exact) mass is 1920 g/mol. The number of amidine groups is 1. The number of thioether (sulfide) groups is 1. The molecule has 0 spiro atoms. The molecule has 3 aromatic carbocycles. The number of benzene rings is 3. The molecule has 16 amide bonds. The molecule has 3 aliphatic rings. The van der Waals surface area contributed by atoms with Crippen LogP contribution in [0.2, 0.25) is 0 Å². The molecule has 44 heteroatoms. The Morgan fingerprint density at radius 1 is 0.566 bits per heavy atom. The highest BCUT2D eigenvalue weighted by Crippen LogP contribution is 2.30. The number of carbonyl (C=O) groups excluding carboxylic acids is 16. The van der Waals surface area contributed by atoms with Crippen molar-refractivity contribution in [1.82, 2.24) is 93.0 Å². The van der Waals surface area contributed by atoms with Crippen LogP contribution in [-0.4, -0.2) is 307 Å². The Hall–Kier alpha value is -13.2. The van der Waals surface area contributed by atoms with Crippen molar-refractivity contribution in [3.8, 4) is 5.75 Å². The third-order valence-electron chi connectivity index (χ3n) is 24.4. The van der Waals surface area contributed by atoms with Crippen LogP contribution < -0.4 is 81.4 Å². The number of aromatic nitrogens is 2. The summed E-state index contributed by atoms with van der Waals surface area (Å²) in [4.78, 5) is 248. The first-order valence-corrected chi connectivity index (χ1v) is 47.8. The van der Waals surface area contributed by atoms with Crippen LogP contribution in [0.4, 0.5) is 0 Å². The number of unbranched alkanes of at least 4 members (excludes halogenated alkanes) is 2. The molecule has 136 heavy (non-hydrogen) atoms. The van der Waals surface area contributed by atoms with Crippen LogP contribution in [0.1, 0.15) is 140 Å². The van der Waals surface area contributed by atoms with Crippen LogP contribution >= 0.6 is 23.1 Å². The third-order valence-corrected chi connectivity index (χ3v) is 26.5. The molecule has 9 rings (SSSR count). The number of hydrogen-bond acceptors (Lipinski definition) is 23. The van der Waals surface area contributed by atoms with Crippen molar-refractivity contribution < 1.29 is 86.9 Å². The molecular formula is C92H130N24O18S2. The lowest BCUT2D eigenvalue weighted by atomic mass is 10.00. The Bertz CT molecular complexity index is 5250. The number of aromatic hydroxyl groups is 1. The number of aromatic amines is 2. The molecule has 0 aliphatic carbocycles. The minimum absolute atomic E-state index is 0.00118. The number of guanidine groups is 1. The number of phenols is 1. The van der Waals surface area contributed by atoms with Gasteiger partial charge in [0.15, 0.2) is 5.96 Å². The number of fused-ring (bicyclic) bond motifs is 4. The fraction of sp³-hybridized carbons (Fsp3) is 0.522. The highest BCUT2D eigenvalue weighted by atomic mass is 32.2. The maximum Gasteiger partial charge on any atom is 0.246 e. The Labute approximate surface area is 796 Å². The molecule has 3 fully saturated rings. The summed E-state index contributed by atoms with van der Waals surface area (Å²) in [6.07, 6.45) is 3.25. The predicted molar refractivity (Wildman–Crippen MR) is 510 cm³/mol. The number of H-pyrrole nitrogens is 2. The number of carbonyl (C=O) groups is 16. The summed E-state index contributed by atoms with van der Waals surface area (Å²) in [6.45, 7) is 6.60. The Balaban J connectivity index is 1.10. The van der Waals surface area contributed by atoms with Crippen molar-refractivity contribution in [2.24, 2.45) is 28.9 Å². The van der Waals surface area contributed by atoms with Crippen molar-refractivity contribution in [2.75, 3.05) is 65.4 Å². The van der Waals surface area contributed by atoms with Gasteiger partial charge in [-0.15, -0.1) is 23.1 Å². The molecular weight excluding hydrogens is 1790 g/mol. The molecule has 0 radical (unpaired) electrons. The second kappa shape index (κ2) is 50.9. The zero-order chi connectivity index (χ0) is 99.3. The van der Waals surface area contributed by atoms with Crippen LogP contribution in [0.15, 0.2) is 103 Å². The number of nitrogens with two attached hydrogens (primary N) is 4. The van der Waals surface area contributed by atoms with Gasteiger partial charge in [0.05, 0.1) is 25.3 Å². The molecule has 6 aromatic rings. The zero-order valence-electron chi connectivity index (χ0n) is 77.8. The van der Waals surface area contributed by atoms with E-state index in [4.69, 9.17) is 28.3 Å². The Morgan fingerprint density at radius 2 is 1.16 bits per heavy atom. The summed E-state index contributed by atoms with van der Waals surface area (Å²) < 4.78 is 0.851. The van der Waals surface area contributed by atoms with Gasteiger partial charge in [0.25, 0.3) is 0 Å². The SMILES string of the molecule is CCCC[C@H]1C(=O)N(C)[C@@H](CCCC)C(=O)N[C@@H](CCCNC(=N)N)C(=O)N[C@H](C(=O)NCC(N)=O)CSCC(=O)N[C@@H](Cc2ccc(O)cc2)C(=O)N(C)[C@@H](C)C(=O)N[C@@H](CC(N)=O)C(=O)N2CCC[C@H]2C(=O)N[C@@H](Cc2ccc[nH]2)C(=O)N[C@@H](CC(C)C)C(=O)N2C[C@@H](N)C[C@H]2C(=O)N[C@@H](Cc2c[nH]c3ccccc23)C(=O)N[C@@H](CO)C(=N)N[C@@H](Cc2csc3ccccc23)C(=O)N1C. The van der Waals surface area contributed by atoms with Gasteiger partial charge in [-0.2, -0.15) is 0 Å². The molecule has 25 N–H and O–H groups in total. The topological polar surface area (TPSA) is 645 Å². The van der Waals surface area contributed by atoms with E-state index in [1.165, 1.54) is 78.4 Å². The van der Waals surface area contributed by atoms with E-state index < -0.39 is 228 Å². The Kier molecular flexibility index (Phi) is 39.9. The van der Waals surface area contributed by atoms with E-state index in [9.17, 15) is 58.8 Å². The fourth-order valence-electron chi connectivity index (χ4n) is 16.9. The standard InChI is InChI=1S/C92H130N24O18S2/c1-9-11-25-70-84(127)105-61(24-18-34-100-92(97)98)81(124)111-69(80(123)102-44-76(95)120)48-135-49-77(121)103-65(37-52-29-31-57(118)32-30-52)87(130)112(6)51(5)79(122)108-67(42-75(94)119)89(132)115-35-19-27-71(115)85(128)107-63(41-56-20-17-33-99-56)83(126)109-64(36-50(3)4)90(133)116-45-55(93)40-73(116)86(129)106-62(38-53-43-101-60-23-15-13-21-58(53)60)82(125)110-68(46-117)78(96)104-66(39-54-47-136-74-28-16-14-22-59(54)74)88(131)114(8)72(26-12-10-2)91(134)113(70)7/h13-17,20-23,28-33,43,47,50-51,55,61-73,99,101,117-118H,9-12,18-19,24-27,34-42,44-46,48-49,93H2,1-8H3,(H2,94,119)(H2,95,120)(H2,96,104)(H,102,123)(H,103,121)(H,105,127)(H,106,129)(H,107,128)(H,108,122)(H,109,126)(H,110,125)(H,111,124)(H4,97,98,100)/t51-,55-,61-,62-,63-,64-,65-,66-,67-,68-,69-,70-,71-,72-,73-/m0/s1. The molecule has 0 saturated carbocycles. The van der Waals surface area contributed by atoms with E-state index in [-0.39, 0.29) is 108 Å². The first-order valence-electron chi connectivity index (χ1n) is 45.7. The highest BCUT2D eigenvalue weighted by molar-refractivity contribution is 8.00. The van der Waals surface area contributed by atoms with E-state index in [2.05, 4.69) is 68.5 Å². The molecule has 0 bridgehead atoms. The number of phenolic OH excluding ortho intramolecular Hbond substituents is 1. The number of para-hydroxylation sites is 1. The number of primary amides is 2. The molecule has 0 unspecified atom stereocenters. The maximum absolute atomic E-state index is 15.8. The van der Waals surface area contributed by atoms with Gasteiger partial charge < -0.3 is 126 Å². The summed E-state index contributed by atoms with van der Waals surface area (Å²) in [6, 6.07) is 1.75. The molecule has 3 aromatic heterocycles. The van der Waals surface area contributed by atoms with Crippen LogP contribution in [0.5, 0.6) is 5.75 Å². The number of likely N-dealkylation sites (N-methyl/N-ethyl adjacent to an activating group) is 3. The van der Waals surface area contributed by atoms with Gasteiger partial charge in [-0.3, -0.25) is 87.5 Å². The number of thiophene rings is 1. The average molecular weight is 1920 g/mol. The van der Waals surface area contributed by atoms with Gasteiger partial charge >= 0.3 is 0 Å². The van der Waals surface area contributed by atoms with Gasteiger partial charge in [-0.25, -0.2) is 0 Å². The molecule has 6 heterocycles. The lowest BCUT2D eigenvalue weighted by Crippen LogP contribution is -2.61. The number of aliphatic hydroxyl groups excluding tert-OH is 1. The fourth-order valence-corrected chi connectivity index (χ4v) is 18.7. The van der Waals surface area contributed by atoms with E-state index in [1.54, 1.807) is 62.6 Å². The van der Waals surface area contributed by atoms with Gasteiger partial charge in [-0.05, 0) is 128 Å². The first kappa shape index (κ1) is 106. The van der Waals surface area contributed by atoms with E-state index >= 15 is 33.6 Å². The van der Waals surface area contributed by atoms with Gasteiger partial charge in [0, 0.05) is 112 Å². The second-order valence-corrected chi connectivity index (χ2v) is 37.1. The summed E-state index contributed by atoms with van der Waals surface area (Å²) >= 11 is 2.16. The number of amides is 16. The minimum Gasteiger partial charge on any atom is -0.508 e. The molecule has 3 aliphatic heterocycles. The predicted octanol–water partition coefficient (Wildman–Crippen LogP) is -1.17. The van der Waals surface area contributed by atoms with Crippen LogP contribution in [0.25, 0.3) is 21.0 Å². The van der Waals surface area contributed by atoms with Gasteiger partial charge in [-0.1, -0.05) is 102 Å². The number of nitrogens with one attached hydrogen (secondary N) is 15. The quantitative estimate of drug-likeness (QED) is 0.0173. The average Bonchev–Trinajstić information content (AvgIpc) is 1.53. The number of hydrogen-bond donors (Lipinski definition) is 21. The zero-order valence-corrected chi connectivity index (χ0v) is 79.4. The van der Waals surface area contributed by atoms with Crippen molar-refractivity contribution >= 4 is 150 Å². The second-order valence-electron chi connectivity index (χ2n) is 35.1. The van der Waals surface area contributed by atoms with E-state index in [1.807, 2.05) is 43.5 Å². The maximum atomic E-state index is 15.8. The summed E-state index contributed by atoms with van der Waals surface area (Å²) in [5.41, 5.74) is 26.2. The van der Waals surface area contributed by atoms with Crippen molar-refractivity contribution in [3.05, 3.63) is 125 Å². The number of nitrogens with zero attached hydrogens (tertiary/aromatic N) is 5. The summed E-state index contributed by atoms with van der Waals surface area (Å²) in [5.74, 6) is -16.7. The highest BCUT2D eigenvalue weighted by Gasteiger charge is 2.47. The Morgan fingerprint density at radius 3 is 1.82 bits per heavy atom.